The molecule has 5 heteroatoms. The molecule has 3 nitrogen and oxygen atoms in total. The zero-order valence-electron chi connectivity index (χ0n) is 11.4. The summed E-state index contributed by atoms with van der Waals surface area (Å²) in [6, 6.07) is 7.98. The first-order chi connectivity index (χ1) is 9.52. The smallest absolute Gasteiger partial charge is 0.232 e. The predicted octanol–water partition coefficient (Wildman–Crippen LogP) is 5.06. The molecule has 20 heavy (non-hydrogen) atoms. The Hall–Kier alpha value is -1.65. The van der Waals surface area contributed by atoms with Crippen molar-refractivity contribution in [2.75, 3.05) is 0 Å². The van der Waals surface area contributed by atoms with Gasteiger partial charge in [0.05, 0.1) is 5.39 Å². The van der Waals surface area contributed by atoms with Crippen LogP contribution in [0.3, 0.4) is 0 Å². The molecule has 1 aromatic carbocycles. The van der Waals surface area contributed by atoms with E-state index in [1.807, 2.05) is 31.2 Å². The van der Waals surface area contributed by atoms with Crippen molar-refractivity contribution < 1.29 is 4.74 Å². The number of rotatable bonds is 2. The number of hydrogen-bond acceptors (Lipinski definition) is 4. The van der Waals surface area contributed by atoms with E-state index in [1.54, 1.807) is 11.3 Å². The molecular weight excluding hydrogens is 292 g/mol. The van der Waals surface area contributed by atoms with Crippen molar-refractivity contribution in [1.29, 1.82) is 0 Å². The molecule has 0 saturated carbocycles. The molecule has 0 aliphatic rings. The number of halogens is 1. The first-order valence-electron chi connectivity index (χ1n) is 6.22. The van der Waals surface area contributed by atoms with Gasteiger partial charge in [0.15, 0.2) is 0 Å². The normalized spacial score (nSPS) is 11.0. The first kappa shape index (κ1) is 13.3. The second kappa shape index (κ2) is 5.04. The van der Waals surface area contributed by atoms with Gasteiger partial charge in [0.1, 0.15) is 10.6 Å². The van der Waals surface area contributed by atoms with Gasteiger partial charge >= 0.3 is 0 Å². The van der Waals surface area contributed by atoms with Crippen molar-refractivity contribution in [3.05, 3.63) is 45.6 Å². The van der Waals surface area contributed by atoms with Crippen molar-refractivity contribution in [2.45, 2.75) is 20.8 Å². The van der Waals surface area contributed by atoms with Crippen LogP contribution in [0.1, 0.15) is 16.0 Å². The molecule has 0 N–H and O–H groups in total. The van der Waals surface area contributed by atoms with Crippen LogP contribution >= 0.6 is 22.9 Å². The lowest BCUT2D eigenvalue weighted by molar-refractivity contribution is 0.468. The third-order valence-corrected chi connectivity index (χ3v) is 4.26. The minimum atomic E-state index is 0.207. The zero-order valence-corrected chi connectivity index (χ0v) is 13.0. The highest BCUT2D eigenvalue weighted by atomic mass is 35.5. The molecule has 0 spiro atoms. The average Bonchev–Trinajstić information content (AvgIpc) is 2.74. The largest absolute Gasteiger partial charge is 0.438 e. The van der Waals surface area contributed by atoms with Gasteiger partial charge in [-0.15, -0.1) is 11.3 Å². The molecule has 0 aliphatic heterocycles. The van der Waals surface area contributed by atoms with E-state index >= 15 is 0 Å². The van der Waals surface area contributed by atoms with Crippen LogP contribution in [0.2, 0.25) is 5.28 Å². The topological polar surface area (TPSA) is 35.0 Å². The summed E-state index contributed by atoms with van der Waals surface area (Å²) in [5, 5.41) is 1.10. The van der Waals surface area contributed by atoms with Gasteiger partial charge in [-0.1, -0.05) is 6.07 Å². The van der Waals surface area contributed by atoms with E-state index < -0.39 is 0 Å². The Morgan fingerprint density at radius 2 is 1.85 bits per heavy atom. The molecule has 0 amide bonds. The molecule has 0 unspecified atom stereocenters. The maximum absolute atomic E-state index is 5.96. The summed E-state index contributed by atoms with van der Waals surface area (Å²) >= 11 is 7.54. The van der Waals surface area contributed by atoms with Crippen LogP contribution in [0.5, 0.6) is 11.6 Å². The fourth-order valence-electron chi connectivity index (χ4n) is 1.96. The quantitative estimate of drug-likeness (QED) is 0.620. The van der Waals surface area contributed by atoms with E-state index in [0.717, 1.165) is 20.8 Å². The van der Waals surface area contributed by atoms with Gasteiger partial charge in [-0.2, -0.15) is 4.98 Å². The van der Waals surface area contributed by atoms with E-state index in [4.69, 9.17) is 16.3 Å². The van der Waals surface area contributed by atoms with Crippen LogP contribution in [-0.4, -0.2) is 9.97 Å². The average molecular weight is 305 g/mol. The highest BCUT2D eigenvalue weighted by Crippen LogP contribution is 2.33. The highest BCUT2D eigenvalue weighted by molar-refractivity contribution is 7.18. The fourth-order valence-corrected chi connectivity index (χ4v) is 3.04. The number of thiophene rings is 1. The first-order valence-corrected chi connectivity index (χ1v) is 7.41. The summed E-state index contributed by atoms with van der Waals surface area (Å²) in [5.41, 5.74) is 2.41. The lowest BCUT2D eigenvalue weighted by Crippen LogP contribution is -1.92. The maximum atomic E-state index is 5.96. The molecule has 0 fully saturated rings. The van der Waals surface area contributed by atoms with Gasteiger partial charge in [0.2, 0.25) is 11.2 Å². The monoisotopic (exact) mass is 304 g/mol. The standard InChI is InChI=1S/C15H13ClN2OS/c1-8-4-5-11(6-9(8)2)19-13-12-7-10(3)20-14(12)18-15(16)17-13/h4-7H,1-3H3. The van der Waals surface area contributed by atoms with Crippen LogP contribution in [-0.2, 0) is 0 Å². The molecule has 2 aromatic heterocycles. The summed E-state index contributed by atoms with van der Waals surface area (Å²) < 4.78 is 5.89. The van der Waals surface area contributed by atoms with E-state index in [9.17, 15) is 0 Å². The van der Waals surface area contributed by atoms with Crippen molar-refractivity contribution in [3.8, 4) is 11.6 Å². The van der Waals surface area contributed by atoms with Crippen LogP contribution in [0.15, 0.2) is 24.3 Å². The molecule has 0 aliphatic carbocycles. The Morgan fingerprint density at radius 1 is 1.05 bits per heavy atom. The SMILES string of the molecule is Cc1cc2c(Oc3ccc(C)c(C)c3)nc(Cl)nc2s1. The van der Waals surface area contributed by atoms with Gasteiger partial charge in [0.25, 0.3) is 0 Å². The van der Waals surface area contributed by atoms with Gasteiger partial charge in [-0.05, 0) is 61.7 Å². The number of benzene rings is 1. The van der Waals surface area contributed by atoms with E-state index in [2.05, 4.69) is 23.8 Å². The van der Waals surface area contributed by atoms with Crippen molar-refractivity contribution in [2.24, 2.45) is 0 Å². The van der Waals surface area contributed by atoms with Gasteiger partial charge in [0, 0.05) is 4.88 Å². The third kappa shape index (κ3) is 2.49. The number of ether oxygens (including phenoxy) is 1. The molecule has 3 aromatic rings. The summed E-state index contributed by atoms with van der Waals surface area (Å²) in [5.74, 6) is 1.26. The molecule has 0 saturated heterocycles. The number of hydrogen-bond donors (Lipinski definition) is 0. The van der Waals surface area contributed by atoms with Gasteiger partial charge in [-0.3, -0.25) is 0 Å². The molecular formula is C15H13ClN2OS. The Labute approximate surface area is 126 Å². The highest BCUT2D eigenvalue weighted by Gasteiger charge is 2.12. The Balaban J connectivity index is 2.07. The summed E-state index contributed by atoms with van der Waals surface area (Å²) in [7, 11) is 0. The van der Waals surface area contributed by atoms with Crippen LogP contribution < -0.4 is 4.74 Å². The second-order valence-corrected chi connectivity index (χ2v) is 6.29. The molecule has 2 heterocycles. The molecule has 102 valence electrons. The van der Waals surface area contributed by atoms with Crippen LogP contribution in [0.25, 0.3) is 10.2 Å². The molecule has 0 bridgehead atoms. The van der Waals surface area contributed by atoms with Gasteiger partial charge in [-0.25, -0.2) is 4.98 Å². The van der Waals surface area contributed by atoms with Crippen molar-refractivity contribution in [3.63, 3.8) is 0 Å². The molecule has 3 rings (SSSR count). The number of aromatic nitrogens is 2. The van der Waals surface area contributed by atoms with Gasteiger partial charge < -0.3 is 4.74 Å². The zero-order chi connectivity index (χ0) is 14.3. The Morgan fingerprint density at radius 3 is 2.60 bits per heavy atom. The predicted molar refractivity (Wildman–Crippen MR) is 83.2 cm³/mol. The minimum absolute atomic E-state index is 0.207. The molecule has 0 atom stereocenters. The van der Waals surface area contributed by atoms with Crippen molar-refractivity contribution in [1.82, 2.24) is 9.97 Å². The number of fused-ring (bicyclic) bond motifs is 1. The van der Waals surface area contributed by atoms with Crippen molar-refractivity contribution >= 4 is 33.2 Å². The van der Waals surface area contributed by atoms with Crippen LogP contribution in [0, 0.1) is 20.8 Å². The lowest BCUT2D eigenvalue weighted by atomic mass is 10.1. The fraction of sp³-hybridized carbons (Fsp3) is 0.200. The third-order valence-electron chi connectivity index (χ3n) is 3.15. The summed E-state index contributed by atoms with van der Waals surface area (Å²) in [6.45, 7) is 6.15. The molecule has 0 radical (unpaired) electrons. The Bertz CT molecular complexity index is 798. The van der Waals surface area contributed by atoms with Crippen LogP contribution in [0.4, 0.5) is 0 Å². The minimum Gasteiger partial charge on any atom is -0.438 e. The lowest BCUT2D eigenvalue weighted by Gasteiger charge is -2.08. The number of aryl methyl sites for hydroxylation is 3. The van der Waals surface area contributed by atoms with E-state index in [0.29, 0.717) is 5.88 Å². The number of nitrogens with zero attached hydrogens (tertiary/aromatic N) is 2. The van der Waals surface area contributed by atoms with E-state index in [1.165, 1.54) is 11.1 Å². The second-order valence-electron chi connectivity index (χ2n) is 4.72. The van der Waals surface area contributed by atoms with E-state index in [-0.39, 0.29) is 5.28 Å². The summed E-state index contributed by atoms with van der Waals surface area (Å²) in [6.07, 6.45) is 0. The summed E-state index contributed by atoms with van der Waals surface area (Å²) in [4.78, 5) is 10.4. The maximum Gasteiger partial charge on any atom is 0.232 e. The Kier molecular flexibility index (Phi) is 3.36.